The van der Waals surface area contributed by atoms with Crippen molar-refractivity contribution < 1.29 is 14.3 Å². The van der Waals surface area contributed by atoms with Crippen LogP contribution in [0.15, 0.2) is 48.5 Å². The Hall–Kier alpha value is -2.18. The number of halogens is 1. The van der Waals surface area contributed by atoms with Gasteiger partial charge in [0, 0.05) is 6.04 Å². The van der Waals surface area contributed by atoms with Gasteiger partial charge in [-0.15, -0.1) is 0 Å². The first-order chi connectivity index (χ1) is 14.4. The molecule has 2 rings (SSSR count). The molecule has 0 aliphatic carbocycles. The number of ether oxygens (including phenoxy) is 1. The highest BCUT2D eigenvalue weighted by atomic mass is 35.5. The van der Waals surface area contributed by atoms with Crippen LogP contribution in [0, 0.1) is 0 Å². The van der Waals surface area contributed by atoms with Crippen LogP contribution in [0.25, 0.3) is 0 Å². The Bertz CT molecular complexity index is 829. The first kappa shape index (κ1) is 24.1. The number of nitrogens with one attached hydrogen (secondary N) is 2. The van der Waals surface area contributed by atoms with Gasteiger partial charge >= 0.3 is 0 Å². The van der Waals surface area contributed by atoms with Crippen molar-refractivity contribution in [2.45, 2.75) is 38.3 Å². The van der Waals surface area contributed by atoms with E-state index in [9.17, 15) is 9.59 Å². The summed E-state index contributed by atoms with van der Waals surface area (Å²) in [6.07, 6.45) is 4.16. The molecule has 162 valence electrons. The van der Waals surface area contributed by atoms with Crippen molar-refractivity contribution in [3.05, 3.63) is 64.7 Å². The van der Waals surface area contributed by atoms with Gasteiger partial charge in [-0.1, -0.05) is 35.9 Å². The summed E-state index contributed by atoms with van der Waals surface area (Å²) in [7, 11) is 1.64. The Labute approximate surface area is 187 Å². The molecule has 2 aromatic carbocycles. The number of hydrogen-bond acceptors (Lipinski definition) is 4. The molecule has 2 amide bonds. The van der Waals surface area contributed by atoms with E-state index in [2.05, 4.69) is 10.6 Å². The minimum atomic E-state index is -0.607. The SMILES string of the molecule is COc1ccc(CCC(C)NC(=O)C(CCSC)NC(=O)c2ccccc2Cl)cc1. The van der Waals surface area contributed by atoms with Crippen LogP contribution in [0.3, 0.4) is 0 Å². The van der Waals surface area contributed by atoms with E-state index in [0.29, 0.717) is 17.0 Å². The van der Waals surface area contributed by atoms with Crippen LogP contribution < -0.4 is 15.4 Å². The number of hydrogen-bond donors (Lipinski definition) is 2. The third kappa shape index (κ3) is 7.58. The normalized spacial score (nSPS) is 12.7. The molecule has 2 N–H and O–H groups in total. The van der Waals surface area contributed by atoms with Gasteiger partial charge in [-0.2, -0.15) is 11.8 Å². The first-order valence-electron chi connectivity index (χ1n) is 9.92. The van der Waals surface area contributed by atoms with Crippen molar-refractivity contribution >= 4 is 35.2 Å². The highest BCUT2D eigenvalue weighted by molar-refractivity contribution is 7.98. The number of carbonyl (C=O) groups is 2. The lowest BCUT2D eigenvalue weighted by Crippen LogP contribution is -2.49. The summed E-state index contributed by atoms with van der Waals surface area (Å²) in [4.78, 5) is 25.4. The predicted molar refractivity (Wildman–Crippen MR) is 125 cm³/mol. The molecule has 0 aliphatic heterocycles. The lowest BCUT2D eigenvalue weighted by Gasteiger charge is -2.21. The summed E-state index contributed by atoms with van der Waals surface area (Å²) in [5, 5.41) is 6.24. The Morgan fingerprint density at radius 2 is 1.77 bits per heavy atom. The van der Waals surface area contributed by atoms with Crippen molar-refractivity contribution in [1.29, 1.82) is 0 Å². The minimum absolute atomic E-state index is 0.0198. The van der Waals surface area contributed by atoms with E-state index >= 15 is 0 Å². The second-order valence-electron chi connectivity index (χ2n) is 7.08. The molecule has 2 unspecified atom stereocenters. The van der Waals surface area contributed by atoms with Gasteiger partial charge in [-0.25, -0.2) is 0 Å². The topological polar surface area (TPSA) is 67.4 Å². The molecule has 2 aromatic rings. The zero-order chi connectivity index (χ0) is 21.9. The van der Waals surface area contributed by atoms with Gasteiger partial charge in [-0.05, 0) is 68.0 Å². The fourth-order valence-corrected chi connectivity index (χ4v) is 3.67. The lowest BCUT2D eigenvalue weighted by atomic mass is 10.1. The van der Waals surface area contributed by atoms with Gasteiger partial charge in [0.05, 0.1) is 17.7 Å². The molecule has 0 bridgehead atoms. The highest BCUT2D eigenvalue weighted by Crippen LogP contribution is 2.16. The van der Waals surface area contributed by atoms with Gasteiger partial charge in [0.2, 0.25) is 5.91 Å². The van der Waals surface area contributed by atoms with E-state index in [1.54, 1.807) is 43.1 Å². The Kier molecular flexibility index (Phi) is 10.0. The average Bonchev–Trinajstić information content (AvgIpc) is 2.75. The summed E-state index contributed by atoms with van der Waals surface area (Å²) in [6.45, 7) is 1.98. The minimum Gasteiger partial charge on any atom is -0.497 e. The van der Waals surface area contributed by atoms with Crippen LogP contribution in [0.4, 0.5) is 0 Å². The summed E-state index contributed by atoms with van der Waals surface area (Å²) >= 11 is 7.75. The predicted octanol–water partition coefficient (Wildman–Crippen LogP) is 4.34. The molecule has 2 atom stereocenters. The maximum Gasteiger partial charge on any atom is 0.253 e. The Morgan fingerprint density at radius 3 is 2.40 bits per heavy atom. The summed E-state index contributed by atoms with van der Waals surface area (Å²) in [6, 6.07) is 14.1. The van der Waals surface area contributed by atoms with Crippen LogP contribution >= 0.6 is 23.4 Å². The fraction of sp³-hybridized carbons (Fsp3) is 0.391. The van der Waals surface area contributed by atoms with E-state index in [-0.39, 0.29) is 17.9 Å². The van der Waals surface area contributed by atoms with E-state index in [0.717, 1.165) is 24.3 Å². The second-order valence-corrected chi connectivity index (χ2v) is 8.48. The van der Waals surface area contributed by atoms with Crippen molar-refractivity contribution in [3.8, 4) is 5.75 Å². The zero-order valence-electron chi connectivity index (χ0n) is 17.6. The smallest absolute Gasteiger partial charge is 0.253 e. The average molecular weight is 449 g/mol. The number of aryl methyl sites for hydroxylation is 1. The number of methoxy groups -OCH3 is 1. The molecule has 0 aliphatic rings. The molecule has 30 heavy (non-hydrogen) atoms. The number of thioether (sulfide) groups is 1. The maximum absolute atomic E-state index is 12.8. The van der Waals surface area contributed by atoms with E-state index in [4.69, 9.17) is 16.3 Å². The molecule has 0 radical (unpaired) electrons. The molecule has 0 fully saturated rings. The lowest BCUT2D eigenvalue weighted by molar-refractivity contribution is -0.123. The largest absolute Gasteiger partial charge is 0.497 e. The fourth-order valence-electron chi connectivity index (χ4n) is 2.98. The molecule has 0 saturated carbocycles. The molecule has 0 aromatic heterocycles. The number of amides is 2. The van der Waals surface area contributed by atoms with Crippen LogP contribution in [0.5, 0.6) is 5.75 Å². The zero-order valence-corrected chi connectivity index (χ0v) is 19.2. The molecule has 0 heterocycles. The Balaban J connectivity index is 1.92. The summed E-state index contributed by atoms with van der Waals surface area (Å²) in [5.74, 6) is 1.08. The molecular weight excluding hydrogens is 420 g/mol. The molecule has 0 saturated heterocycles. The standard InChI is InChI=1S/C23H29ClN2O3S/c1-16(8-9-17-10-12-18(29-2)13-11-17)25-23(28)21(14-15-30-3)26-22(27)19-6-4-5-7-20(19)24/h4-7,10-13,16,21H,8-9,14-15H2,1-3H3,(H,25,28)(H,26,27). The van der Waals surface area contributed by atoms with Crippen molar-refractivity contribution in [3.63, 3.8) is 0 Å². The van der Waals surface area contributed by atoms with Gasteiger partial charge in [0.1, 0.15) is 11.8 Å². The molecule has 5 nitrogen and oxygen atoms in total. The van der Waals surface area contributed by atoms with E-state index in [1.165, 1.54) is 5.56 Å². The van der Waals surface area contributed by atoms with Crippen LogP contribution in [-0.2, 0) is 11.2 Å². The number of carbonyl (C=O) groups excluding carboxylic acids is 2. The van der Waals surface area contributed by atoms with Gasteiger partial charge in [-0.3, -0.25) is 9.59 Å². The van der Waals surface area contributed by atoms with Crippen LogP contribution in [0.1, 0.15) is 35.7 Å². The number of rotatable bonds is 11. The second kappa shape index (κ2) is 12.5. The molecule has 7 heteroatoms. The third-order valence-corrected chi connectivity index (χ3v) is 5.74. The maximum atomic E-state index is 12.8. The van der Waals surface area contributed by atoms with E-state index < -0.39 is 6.04 Å². The molecular formula is C23H29ClN2O3S. The van der Waals surface area contributed by atoms with E-state index in [1.807, 2.05) is 37.4 Å². The quantitative estimate of drug-likeness (QED) is 0.536. The van der Waals surface area contributed by atoms with Crippen molar-refractivity contribution in [2.24, 2.45) is 0 Å². The Morgan fingerprint density at radius 1 is 1.07 bits per heavy atom. The molecule has 0 spiro atoms. The third-order valence-electron chi connectivity index (χ3n) is 4.76. The van der Waals surface area contributed by atoms with Crippen molar-refractivity contribution in [2.75, 3.05) is 19.1 Å². The van der Waals surface area contributed by atoms with Gasteiger partial charge in [0.15, 0.2) is 0 Å². The number of benzene rings is 2. The monoisotopic (exact) mass is 448 g/mol. The highest BCUT2D eigenvalue weighted by Gasteiger charge is 2.23. The van der Waals surface area contributed by atoms with Crippen LogP contribution in [-0.4, -0.2) is 43.0 Å². The summed E-state index contributed by atoms with van der Waals surface area (Å²) < 4.78 is 5.18. The first-order valence-corrected chi connectivity index (χ1v) is 11.7. The van der Waals surface area contributed by atoms with Crippen LogP contribution in [0.2, 0.25) is 5.02 Å². The van der Waals surface area contributed by atoms with Gasteiger partial charge < -0.3 is 15.4 Å². The van der Waals surface area contributed by atoms with Gasteiger partial charge in [0.25, 0.3) is 5.91 Å². The summed E-state index contributed by atoms with van der Waals surface area (Å²) in [5.41, 5.74) is 1.55. The van der Waals surface area contributed by atoms with Crippen molar-refractivity contribution in [1.82, 2.24) is 10.6 Å².